The monoisotopic (exact) mass is 272 g/mol. The molecule has 2 aromatic rings. The average Bonchev–Trinajstić information content (AvgIpc) is 2.96. The number of aliphatic carboxylic acids is 1. The molecule has 0 spiro atoms. The highest BCUT2D eigenvalue weighted by atomic mass is 16.4. The van der Waals surface area contributed by atoms with Crippen molar-refractivity contribution in [2.45, 2.75) is 6.54 Å². The topological polar surface area (TPSA) is 108 Å². The van der Waals surface area contributed by atoms with Crippen LogP contribution < -0.4 is 5.32 Å². The predicted octanol–water partition coefficient (Wildman–Crippen LogP) is 0.833. The van der Waals surface area contributed by atoms with E-state index in [0.717, 1.165) is 11.6 Å². The maximum Gasteiger partial charge on any atom is 0.328 e. The molecule has 0 bridgehead atoms. The van der Waals surface area contributed by atoms with Crippen LogP contribution in [-0.2, 0) is 11.3 Å². The summed E-state index contributed by atoms with van der Waals surface area (Å²) in [5.41, 5.74) is 1.74. The van der Waals surface area contributed by atoms with Crippen LogP contribution in [-0.4, -0.2) is 32.2 Å². The van der Waals surface area contributed by atoms with E-state index in [1.807, 2.05) is 0 Å². The number of rotatable bonds is 5. The minimum absolute atomic E-state index is 0.265. The Hall–Kier alpha value is -2.96. The Balaban J connectivity index is 1.95. The van der Waals surface area contributed by atoms with E-state index in [1.54, 1.807) is 18.5 Å². The second kappa shape index (κ2) is 6.28. The Morgan fingerprint density at radius 3 is 2.80 bits per heavy atom. The lowest BCUT2D eigenvalue weighted by Gasteiger charge is -2.03. The summed E-state index contributed by atoms with van der Waals surface area (Å²) in [6.45, 7) is 0.359. The summed E-state index contributed by atoms with van der Waals surface area (Å²) in [6, 6.07) is 3.16. The second-order valence-corrected chi connectivity index (χ2v) is 3.94. The molecule has 0 atom stereocenters. The van der Waals surface area contributed by atoms with Crippen molar-refractivity contribution in [1.82, 2.24) is 20.5 Å². The lowest BCUT2D eigenvalue weighted by Crippen LogP contribution is -2.23. The Morgan fingerprint density at radius 2 is 2.20 bits per heavy atom. The van der Waals surface area contributed by atoms with Crippen molar-refractivity contribution in [2.24, 2.45) is 0 Å². The van der Waals surface area contributed by atoms with Gasteiger partial charge in [0.15, 0.2) is 0 Å². The second-order valence-electron chi connectivity index (χ2n) is 3.94. The van der Waals surface area contributed by atoms with Gasteiger partial charge in [-0.3, -0.25) is 14.9 Å². The van der Waals surface area contributed by atoms with E-state index >= 15 is 0 Å². The molecule has 1 amide bonds. The van der Waals surface area contributed by atoms with Crippen molar-refractivity contribution in [3.63, 3.8) is 0 Å². The molecule has 0 fully saturated rings. The molecule has 0 radical (unpaired) electrons. The van der Waals surface area contributed by atoms with Gasteiger partial charge in [0.2, 0.25) is 0 Å². The largest absolute Gasteiger partial charge is 0.478 e. The minimum Gasteiger partial charge on any atom is -0.478 e. The number of aromatic nitrogens is 3. The molecular formula is C13H12N4O3. The molecule has 7 heteroatoms. The number of nitrogens with zero attached hydrogens (tertiary/aromatic N) is 2. The van der Waals surface area contributed by atoms with Crippen LogP contribution in [0.2, 0.25) is 0 Å². The molecule has 7 nitrogen and oxygen atoms in total. The number of amides is 1. The average molecular weight is 272 g/mol. The van der Waals surface area contributed by atoms with Gasteiger partial charge in [-0.2, -0.15) is 5.10 Å². The summed E-state index contributed by atoms with van der Waals surface area (Å²) in [7, 11) is 0. The zero-order valence-electron chi connectivity index (χ0n) is 10.4. The molecule has 0 saturated carbocycles. The molecule has 0 aliphatic heterocycles. The first-order valence-corrected chi connectivity index (χ1v) is 5.78. The molecule has 102 valence electrons. The molecule has 0 aliphatic carbocycles. The van der Waals surface area contributed by atoms with Gasteiger partial charge in [-0.1, -0.05) is 6.07 Å². The molecule has 2 rings (SSSR count). The molecular weight excluding hydrogens is 260 g/mol. The fraction of sp³-hybridized carbons (Fsp3) is 0.0769. The van der Waals surface area contributed by atoms with Gasteiger partial charge in [0, 0.05) is 30.6 Å². The van der Waals surface area contributed by atoms with Crippen molar-refractivity contribution in [1.29, 1.82) is 0 Å². The van der Waals surface area contributed by atoms with Gasteiger partial charge in [0.1, 0.15) is 5.69 Å². The number of carbonyl (C=O) groups is 2. The maximum atomic E-state index is 11.8. The fourth-order valence-electron chi connectivity index (χ4n) is 1.45. The summed E-state index contributed by atoms with van der Waals surface area (Å²) >= 11 is 0. The molecule has 3 N–H and O–H groups in total. The number of carbonyl (C=O) groups excluding carboxylic acids is 1. The summed E-state index contributed by atoms with van der Waals surface area (Å²) in [5, 5.41) is 17.6. The van der Waals surface area contributed by atoms with E-state index < -0.39 is 5.97 Å². The van der Waals surface area contributed by atoms with Gasteiger partial charge in [-0.15, -0.1) is 0 Å². The highest BCUT2D eigenvalue weighted by Gasteiger charge is 2.06. The van der Waals surface area contributed by atoms with Crippen LogP contribution >= 0.6 is 0 Å². The van der Waals surface area contributed by atoms with E-state index in [4.69, 9.17) is 5.11 Å². The first-order valence-electron chi connectivity index (χ1n) is 5.78. The predicted molar refractivity (Wildman–Crippen MR) is 70.7 cm³/mol. The third-order valence-electron chi connectivity index (χ3n) is 2.45. The summed E-state index contributed by atoms with van der Waals surface area (Å²) in [6.07, 6.45) is 7.16. The van der Waals surface area contributed by atoms with Crippen molar-refractivity contribution in [3.8, 4) is 0 Å². The Kier molecular flexibility index (Phi) is 4.23. The van der Waals surface area contributed by atoms with E-state index in [-0.39, 0.29) is 11.6 Å². The minimum atomic E-state index is -1.04. The van der Waals surface area contributed by atoms with Crippen LogP contribution in [0.4, 0.5) is 0 Å². The molecule has 2 aromatic heterocycles. The standard InChI is InChI=1S/C13H12N4O3/c18-12(19)4-2-9-1-3-11(14-5-9)13(20)15-6-10-7-16-17-8-10/h1-5,7-8H,6H2,(H,15,20)(H,16,17)(H,18,19). The van der Waals surface area contributed by atoms with E-state index in [1.165, 1.54) is 18.3 Å². The number of H-pyrrole nitrogens is 1. The smallest absolute Gasteiger partial charge is 0.328 e. The third kappa shape index (κ3) is 3.77. The van der Waals surface area contributed by atoms with Gasteiger partial charge in [0.25, 0.3) is 5.91 Å². The molecule has 2 heterocycles. The van der Waals surface area contributed by atoms with Gasteiger partial charge in [0.05, 0.1) is 6.20 Å². The molecule has 0 aliphatic rings. The van der Waals surface area contributed by atoms with Crippen LogP contribution in [0.5, 0.6) is 0 Å². The number of pyridine rings is 1. The van der Waals surface area contributed by atoms with E-state index in [0.29, 0.717) is 12.1 Å². The van der Waals surface area contributed by atoms with Gasteiger partial charge >= 0.3 is 5.97 Å². The Bertz CT molecular complexity index is 618. The van der Waals surface area contributed by atoms with Crippen LogP contribution in [0.25, 0.3) is 6.08 Å². The Labute approximate surface area is 114 Å². The first-order chi connectivity index (χ1) is 9.65. The molecule has 20 heavy (non-hydrogen) atoms. The zero-order valence-corrected chi connectivity index (χ0v) is 10.4. The lowest BCUT2D eigenvalue weighted by molar-refractivity contribution is -0.131. The zero-order chi connectivity index (χ0) is 14.4. The fourth-order valence-corrected chi connectivity index (χ4v) is 1.45. The molecule has 0 unspecified atom stereocenters. The van der Waals surface area contributed by atoms with Gasteiger partial charge in [-0.25, -0.2) is 4.79 Å². The van der Waals surface area contributed by atoms with Crippen molar-refractivity contribution >= 4 is 18.0 Å². The van der Waals surface area contributed by atoms with E-state index in [9.17, 15) is 9.59 Å². The normalized spacial score (nSPS) is 10.6. The van der Waals surface area contributed by atoms with Crippen molar-refractivity contribution in [2.75, 3.05) is 0 Å². The number of hydrogen-bond donors (Lipinski definition) is 3. The van der Waals surface area contributed by atoms with E-state index in [2.05, 4.69) is 20.5 Å². The van der Waals surface area contributed by atoms with Crippen LogP contribution in [0, 0.1) is 0 Å². The number of hydrogen-bond acceptors (Lipinski definition) is 4. The lowest BCUT2D eigenvalue weighted by atomic mass is 10.2. The van der Waals surface area contributed by atoms with Crippen molar-refractivity contribution in [3.05, 3.63) is 53.6 Å². The van der Waals surface area contributed by atoms with Crippen LogP contribution in [0.1, 0.15) is 21.6 Å². The van der Waals surface area contributed by atoms with Crippen LogP contribution in [0.3, 0.4) is 0 Å². The number of nitrogens with one attached hydrogen (secondary N) is 2. The van der Waals surface area contributed by atoms with Gasteiger partial charge < -0.3 is 10.4 Å². The summed E-state index contributed by atoms with van der Waals surface area (Å²) < 4.78 is 0. The highest BCUT2D eigenvalue weighted by molar-refractivity contribution is 5.92. The first kappa shape index (κ1) is 13.5. The number of carboxylic acid groups (broad SMARTS) is 1. The Morgan fingerprint density at radius 1 is 1.35 bits per heavy atom. The van der Waals surface area contributed by atoms with Crippen molar-refractivity contribution < 1.29 is 14.7 Å². The molecule has 0 aromatic carbocycles. The highest BCUT2D eigenvalue weighted by Crippen LogP contribution is 2.03. The number of aromatic amines is 1. The van der Waals surface area contributed by atoms with Crippen LogP contribution in [0.15, 0.2) is 36.8 Å². The summed E-state index contributed by atoms with van der Waals surface area (Å²) in [5.74, 6) is -1.34. The third-order valence-corrected chi connectivity index (χ3v) is 2.45. The SMILES string of the molecule is O=C(O)C=Cc1ccc(C(=O)NCc2cn[nH]c2)nc1. The molecule has 0 saturated heterocycles. The summed E-state index contributed by atoms with van der Waals surface area (Å²) in [4.78, 5) is 26.1. The van der Waals surface area contributed by atoms with Gasteiger partial charge in [-0.05, 0) is 17.7 Å². The number of carboxylic acids is 1. The quantitative estimate of drug-likeness (QED) is 0.699. The maximum absolute atomic E-state index is 11.8.